The number of phenolic OH excluding ortho intramolecular Hbond substituents is 3. The monoisotopic (exact) mass is 1570 g/mol. The van der Waals surface area contributed by atoms with E-state index in [1.54, 1.807) is 30.0 Å². The average molecular weight is 1570 g/mol. The summed E-state index contributed by atoms with van der Waals surface area (Å²) in [5.74, 6) is 3.86. The van der Waals surface area contributed by atoms with Crippen molar-refractivity contribution in [3.05, 3.63) is 193 Å². The highest BCUT2D eigenvalue weighted by Gasteiger charge is 2.35. The molecule has 4 fully saturated rings. The number of ketones is 1. The van der Waals surface area contributed by atoms with E-state index in [-0.39, 0.29) is 46.9 Å². The van der Waals surface area contributed by atoms with Crippen LogP contribution in [0, 0.1) is 5.92 Å². The number of likely N-dealkylation sites (N-methyl/N-ethyl adjacent to an activating group) is 1. The van der Waals surface area contributed by atoms with Gasteiger partial charge in [-0.3, -0.25) is 14.4 Å². The fourth-order valence-electron chi connectivity index (χ4n) is 16.8. The number of benzene rings is 6. The van der Waals surface area contributed by atoms with Gasteiger partial charge in [-0.25, -0.2) is 0 Å². The number of hydrogen-bond donors (Lipinski definition) is 3. The lowest BCUT2D eigenvalue weighted by Gasteiger charge is -2.38. The molecule has 3 N–H and O–H groups in total. The minimum atomic E-state index is -0.0576. The lowest BCUT2D eigenvalue weighted by Crippen LogP contribution is -2.49. The van der Waals surface area contributed by atoms with Crippen molar-refractivity contribution in [2.24, 2.45) is 5.92 Å². The summed E-state index contributed by atoms with van der Waals surface area (Å²) < 4.78 is 18.5. The summed E-state index contributed by atoms with van der Waals surface area (Å²) in [5, 5.41) is 37.6. The molecule has 0 radical (unpaired) electrons. The lowest BCUT2D eigenvalue weighted by molar-refractivity contribution is -0.127. The normalized spacial score (nSPS) is 17.0. The molecule has 3 saturated heterocycles. The van der Waals surface area contributed by atoms with Gasteiger partial charge >= 0.3 is 18.0 Å². The largest absolute Gasteiger partial charge is 0.508 e. The van der Waals surface area contributed by atoms with Crippen molar-refractivity contribution in [3.63, 3.8) is 0 Å². The molecule has 1 aliphatic carbocycles. The highest BCUT2D eigenvalue weighted by atomic mass is 16.5. The third kappa shape index (κ3) is 18.8. The summed E-state index contributed by atoms with van der Waals surface area (Å²) in [6, 6.07) is 36.3. The zero-order chi connectivity index (χ0) is 81.1. The Bertz CT molecular complexity index is 5150. The van der Waals surface area contributed by atoms with Crippen LogP contribution in [0.3, 0.4) is 0 Å². The highest BCUT2D eigenvalue weighted by Crippen LogP contribution is 2.42. The van der Waals surface area contributed by atoms with Crippen molar-refractivity contribution < 1.29 is 48.7 Å². The zero-order valence-corrected chi connectivity index (χ0v) is 67.2. The summed E-state index contributed by atoms with van der Waals surface area (Å²) >= 11 is 0. The van der Waals surface area contributed by atoms with Crippen molar-refractivity contribution in [2.45, 2.75) is 97.4 Å². The average Bonchev–Trinajstić information content (AvgIpc) is 0.885. The molecule has 9 aromatic rings. The molecule has 9 heterocycles. The van der Waals surface area contributed by atoms with Gasteiger partial charge in [0.1, 0.15) is 46.6 Å². The zero-order valence-electron chi connectivity index (χ0n) is 67.2. The molecule has 116 heavy (non-hydrogen) atoms. The second-order valence-corrected chi connectivity index (χ2v) is 31.1. The third-order valence-corrected chi connectivity index (χ3v) is 22.9. The van der Waals surface area contributed by atoms with Gasteiger partial charge in [-0.05, 0) is 131 Å². The van der Waals surface area contributed by atoms with Gasteiger partial charge in [-0.2, -0.15) is 29.9 Å². The Labute approximate surface area is 678 Å². The van der Waals surface area contributed by atoms with Gasteiger partial charge in [0.05, 0.1) is 49.9 Å². The SMILES string of the molecule is C=CC(=O)N1CCN(c2nc(OCCCC(C)=O)nc3c2CCN(c2cc(O)cc4ccccc24)C3)CC1.C=CC(=O)N1CCN(c2nc(OC[C@H]3CCC(=C)C3)nc3c2CCN(c2cc(O)cc4ccccc24)C3)CC1.C=CC(=O)N1CCN(c2nc(O[C@H](CC)CN(C)C)nc3c2CCN(c2cc(O)cc4ccccc24)C3)CC1. The lowest BCUT2D eigenvalue weighted by atomic mass is 10.0. The Balaban J connectivity index is 0.000000143. The van der Waals surface area contributed by atoms with Gasteiger partial charge in [-0.15, -0.1) is 0 Å². The molecule has 26 heteroatoms. The number of ether oxygens (including phenoxy) is 3. The molecule has 3 amide bonds. The number of nitrogens with zero attached hydrogens (tertiary/aromatic N) is 16. The van der Waals surface area contributed by atoms with Gasteiger partial charge in [0.25, 0.3) is 0 Å². The van der Waals surface area contributed by atoms with E-state index in [0.717, 1.165) is 172 Å². The maximum atomic E-state index is 12.1. The number of amides is 3. The number of hydrogen-bond acceptors (Lipinski definition) is 23. The number of allylic oxidation sites excluding steroid dienone is 1. The summed E-state index contributed by atoms with van der Waals surface area (Å²) in [6.45, 7) is 32.3. The van der Waals surface area contributed by atoms with Gasteiger partial charge < -0.3 is 83.3 Å². The van der Waals surface area contributed by atoms with Crippen LogP contribution in [-0.2, 0) is 58.1 Å². The summed E-state index contributed by atoms with van der Waals surface area (Å²) in [6.07, 6.45) is 11.4. The Kier molecular flexibility index (Phi) is 25.4. The van der Waals surface area contributed by atoms with Crippen LogP contribution >= 0.6 is 0 Å². The predicted molar refractivity (Wildman–Crippen MR) is 455 cm³/mol. The highest BCUT2D eigenvalue weighted by molar-refractivity contribution is 5.98. The van der Waals surface area contributed by atoms with E-state index in [2.05, 4.69) is 85.7 Å². The smallest absolute Gasteiger partial charge is 0.318 e. The number of Topliss-reactive ketones (excluding diaryl/α,β-unsaturated/α-hetero) is 1. The summed E-state index contributed by atoms with van der Waals surface area (Å²) in [4.78, 5) is 98.1. The standard InChI is InChI=1S/C31H35N5O3.C30H38N6O3.C29H33N5O4/c1-3-29(38)34-12-14-35(15-13-34)30-26-10-11-36(28-18-24(37)17-23-6-4-5-7-25(23)28)19-27(26)32-31(33-30)39-20-22-9-8-21(2)16-22;1-5-23(19-33(3)4)39-30-31-26-20-36(27-18-22(37)17-21-9-7-8-10-24(21)27)12-11-25(26)29(32-30)35-15-13-34(14-16-35)28(38)6-2;1-3-27(37)32-12-14-33(15-13-32)28-24-10-11-34(26-18-22(36)17-21-8-4-5-9-23(21)26)19-25(24)30-29(31-28)38-16-6-7-20(2)35/h3-7,17-18,22,37H,1-2,8-16,19-20H2;6-10,17-18,23,37H,2,5,11-16,19-20H2,1,3-4H3;3-5,8-9,17-18,36H,1,6-7,10-16,19H2,2H3/t22-;23-;/m01./s1. The number of piperazine rings is 3. The maximum Gasteiger partial charge on any atom is 0.318 e. The van der Waals surface area contributed by atoms with Crippen LogP contribution in [0.15, 0.2) is 159 Å². The molecule has 0 spiro atoms. The molecule has 6 aliphatic heterocycles. The van der Waals surface area contributed by atoms with E-state index < -0.39 is 0 Å². The van der Waals surface area contributed by atoms with Gasteiger partial charge in [0, 0.05) is 179 Å². The first-order valence-corrected chi connectivity index (χ1v) is 40.6. The molecule has 7 aliphatic rings. The van der Waals surface area contributed by atoms with E-state index in [0.29, 0.717) is 148 Å². The van der Waals surface area contributed by atoms with E-state index in [9.17, 15) is 34.5 Å². The number of carbonyl (C=O) groups is 4. The first-order chi connectivity index (χ1) is 56.3. The van der Waals surface area contributed by atoms with Gasteiger partial charge in [-0.1, -0.05) is 112 Å². The number of aromatic nitrogens is 6. The van der Waals surface area contributed by atoms with Crippen LogP contribution in [0.5, 0.6) is 35.3 Å². The van der Waals surface area contributed by atoms with E-state index in [1.807, 2.05) is 96.7 Å². The number of carbonyl (C=O) groups excluding carboxylic acids is 4. The van der Waals surface area contributed by atoms with Gasteiger partial charge in [0.2, 0.25) is 17.7 Å². The molecule has 3 aromatic heterocycles. The van der Waals surface area contributed by atoms with Crippen LogP contribution in [0.25, 0.3) is 32.3 Å². The molecule has 0 bridgehead atoms. The molecule has 0 unspecified atom stereocenters. The first kappa shape index (κ1) is 80.5. The molecule has 1 saturated carbocycles. The topological polar surface area (TPSA) is 266 Å². The molecule has 606 valence electrons. The van der Waals surface area contributed by atoms with Crippen LogP contribution in [-0.4, -0.2) is 226 Å². The Morgan fingerprint density at radius 1 is 0.491 bits per heavy atom. The number of rotatable bonds is 22. The summed E-state index contributed by atoms with van der Waals surface area (Å²) in [5.41, 5.74) is 10.4. The molecule has 16 rings (SSSR count). The number of anilines is 6. The van der Waals surface area contributed by atoms with Crippen molar-refractivity contribution >= 4 is 90.3 Å². The second kappa shape index (κ2) is 36.6. The molecule has 2 atom stereocenters. The van der Waals surface area contributed by atoms with Gasteiger partial charge in [0.15, 0.2) is 0 Å². The Morgan fingerprint density at radius 3 is 1.22 bits per heavy atom. The van der Waals surface area contributed by atoms with Crippen LogP contribution in [0.2, 0.25) is 0 Å². The number of fused-ring (bicyclic) bond motifs is 6. The van der Waals surface area contributed by atoms with E-state index in [4.69, 9.17) is 44.1 Å². The minimum absolute atomic E-state index is 0.0253. The maximum absolute atomic E-state index is 12.1. The Morgan fingerprint density at radius 2 is 0.862 bits per heavy atom. The molecule has 26 nitrogen and oxygen atoms in total. The summed E-state index contributed by atoms with van der Waals surface area (Å²) in [7, 11) is 4.07. The fraction of sp³-hybridized carbons (Fsp3) is 0.400. The molecule has 6 aromatic carbocycles. The molecular weight excluding hydrogens is 1470 g/mol. The van der Waals surface area contributed by atoms with Crippen LogP contribution < -0.4 is 43.6 Å². The minimum Gasteiger partial charge on any atom is -0.508 e. The second-order valence-electron chi connectivity index (χ2n) is 31.1. The predicted octanol–water partition coefficient (Wildman–Crippen LogP) is 11.4. The first-order valence-electron chi connectivity index (χ1n) is 40.6. The molecular formula is C90H106N16O10. The van der Waals surface area contributed by atoms with Crippen LogP contribution in [0.1, 0.15) is 86.1 Å². The quantitative estimate of drug-likeness (QED) is 0.0323. The van der Waals surface area contributed by atoms with E-state index in [1.165, 1.54) is 23.8 Å². The number of phenols is 3. The van der Waals surface area contributed by atoms with Crippen molar-refractivity contribution in [3.8, 4) is 35.3 Å². The van der Waals surface area contributed by atoms with E-state index >= 15 is 0 Å². The Hall–Kier alpha value is -12.1. The number of aromatic hydroxyl groups is 3. The van der Waals surface area contributed by atoms with Crippen molar-refractivity contribution in [2.75, 3.05) is 161 Å². The van der Waals surface area contributed by atoms with Crippen LogP contribution in [0.4, 0.5) is 34.5 Å². The van der Waals surface area contributed by atoms with Crippen molar-refractivity contribution in [1.82, 2.24) is 49.5 Å². The van der Waals surface area contributed by atoms with Crippen molar-refractivity contribution in [1.29, 1.82) is 0 Å². The fourth-order valence-corrected chi connectivity index (χ4v) is 16.8. The third-order valence-electron chi connectivity index (χ3n) is 22.9.